The van der Waals surface area contributed by atoms with E-state index in [1.54, 1.807) is 0 Å². The normalized spacial score (nSPS) is 14.2. The zero-order chi connectivity index (χ0) is 11.1. The second-order valence-electron chi connectivity index (χ2n) is 3.56. The van der Waals surface area contributed by atoms with Crippen LogP contribution >= 0.6 is 0 Å². The molecule has 15 heavy (non-hydrogen) atoms. The lowest BCUT2D eigenvalue weighted by Crippen LogP contribution is -2.32. The van der Waals surface area contributed by atoms with Crippen LogP contribution in [0.3, 0.4) is 0 Å². The van der Waals surface area contributed by atoms with Crippen molar-refractivity contribution in [1.29, 1.82) is 5.26 Å². The highest BCUT2D eigenvalue weighted by Gasteiger charge is 2.28. The molecule has 1 aromatic rings. The van der Waals surface area contributed by atoms with Crippen molar-refractivity contribution in [2.75, 3.05) is 6.61 Å². The molecule has 1 unspecified atom stereocenters. The van der Waals surface area contributed by atoms with Gasteiger partial charge >= 0.3 is 0 Å². The number of rotatable bonds is 5. The quantitative estimate of drug-likeness (QED) is 0.737. The Morgan fingerprint density at radius 3 is 2.40 bits per heavy atom. The van der Waals surface area contributed by atoms with Crippen molar-refractivity contribution in [2.45, 2.75) is 32.3 Å². The summed E-state index contributed by atoms with van der Waals surface area (Å²) in [5.41, 5.74) is 0.491. The molecule has 0 aliphatic carbocycles. The van der Waals surface area contributed by atoms with Gasteiger partial charge in [0.2, 0.25) is 0 Å². The Bertz CT molecular complexity index is 328. The van der Waals surface area contributed by atoms with E-state index in [0.29, 0.717) is 19.4 Å². The lowest BCUT2D eigenvalue weighted by atomic mass is 9.93. The molecule has 1 rings (SSSR count). The van der Waals surface area contributed by atoms with E-state index < -0.39 is 5.60 Å². The van der Waals surface area contributed by atoms with Crippen LogP contribution in [-0.2, 0) is 11.2 Å². The molecule has 80 valence electrons. The van der Waals surface area contributed by atoms with E-state index in [1.807, 2.05) is 44.2 Å². The average molecular weight is 203 g/mol. The van der Waals surface area contributed by atoms with Crippen LogP contribution in [0.5, 0.6) is 0 Å². The summed E-state index contributed by atoms with van der Waals surface area (Å²) in [6.45, 7) is 4.49. The standard InChI is InChI=1S/C13H17NO/c1-3-13(11-14,15-4-2)10-12-8-6-5-7-9-12/h5-9H,3-4,10H2,1-2H3. The van der Waals surface area contributed by atoms with Crippen LogP contribution in [0, 0.1) is 11.3 Å². The highest BCUT2D eigenvalue weighted by Crippen LogP contribution is 2.21. The van der Waals surface area contributed by atoms with Gasteiger partial charge in [-0.1, -0.05) is 37.3 Å². The molecule has 0 radical (unpaired) electrons. The molecule has 0 aliphatic heterocycles. The fourth-order valence-corrected chi connectivity index (χ4v) is 1.63. The van der Waals surface area contributed by atoms with E-state index in [9.17, 15) is 5.26 Å². The summed E-state index contributed by atoms with van der Waals surface area (Å²) in [6.07, 6.45) is 1.38. The average Bonchev–Trinajstić information content (AvgIpc) is 2.30. The molecule has 0 amide bonds. The van der Waals surface area contributed by atoms with Gasteiger partial charge in [0.25, 0.3) is 0 Å². The first kappa shape index (κ1) is 11.7. The van der Waals surface area contributed by atoms with Crippen molar-refractivity contribution < 1.29 is 4.74 Å². The second kappa shape index (κ2) is 5.53. The Kier molecular flexibility index (Phi) is 4.33. The van der Waals surface area contributed by atoms with Crippen molar-refractivity contribution >= 4 is 0 Å². The molecule has 0 fully saturated rings. The summed E-state index contributed by atoms with van der Waals surface area (Å²) in [6, 6.07) is 12.3. The zero-order valence-electron chi connectivity index (χ0n) is 9.36. The maximum absolute atomic E-state index is 9.19. The predicted octanol–water partition coefficient (Wildman–Crippen LogP) is 2.94. The van der Waals surface area contributed by atoms with E-state index in [-0.39, 0.29) is 0 Å². The first-order valence-electron chi connectivity index (χ1n) is 5.35. The lowest BCUT2D eigenvalue weighted by Gasteiger charge is -2.24. The zero-order valence-corrected chi connectivity index (χ0v) is 9.36. The van der Waals surface area contributed by atoms with Gasteiger partial charge in [0.1, 0.15) is 0 Å². The maximum atomic E-state index is 9.19. The van der Waals surface area contributed by atoms with Crippen LogP contribution in [0.4, 0.5) is 0 Å². The highest BCUT2D eigenvalue weighted by molar-refractivity contribution is 5.20. The molecular weight excluding hydrogens is 186 g/mol. The van der Waals surface area contributed by atoms with Crippen LogP contribution in [0.2, 0.25) is 0 Å². The minimum absolute atomic E-state index is 0.578. The van der Waals surface area contributed by atoms with E-state index >= 15 is 0 Å². The van der Waals surface area contributed by atoms with Crippen molar-refractivity contribution in [1.82, 2.24) is 0 Å². The fourth-order valence-electron chi connectivity index (χ4n) is 1.63. The summed E-state index contributed by atoms with van der Waals surface area (Å²) >= 11 is 0. The van der Waals surface area contributed by atoms with Crippen molar-refractivity contribution in [2.24, 2.45) is 0 Å². The SMILES string of the molecule is CCOC(C#N)(CC)Cc1ccccc1. The summed E-state index contributed by atoms with van der Waals surface area (Å²) in [5, 5.41) is 9.19. The van der Waals surface area contributed by atoms with Crippen LogP contribution in [0.15, 0.2) is 30.3 Å². The van der Waals surface area contributed by atoms with Crippen LogP contribution in [-0.4, -0.2) is 12.2 Å². The van der Waals surface area contributed by atoms with Crippen molar-refractivity contribution in [3.8, 4) is 6.07 Å². The monoisotopic (exact) mass is 203 g/mol. The Labute approximate surface area is 91.5 Å². The molecule has 0 aromatic heterocycles. The summed E-state index contributed by atoms with van der Waals surface area (Å²) < 4.78 is 5.57. The lowest BCUT2D eigenvalue weighted by molar-refractivity contribution is 0.00287. The summed E-state index contributed by atoms with van der Waals surface area (Å²) in [4.78, 5) is 0. The molecule has 2 heteroatoms. The molecule has 0 aliphatic rings. The van der Waals surface area contributed by atoms with Crippen molar-refractivity contribution in [3.63, 3.8) is 0 Å². The molecule has 1 aromatic carbocycles. The minimum atomic E-state index is -0.657. The molecule has 0 saturated carbocycles. The van der Waals surface area contributed by atoms with Crippen LogP contribution in [0.1, 0.15) is 25.8 Å². The Hall–Kier alpha value is -1.33. The molecule has 0 N–H and O–H groups in total. The second-order valence-corrected chi connectivity index (χ2v) is 3.56. The first-order valence-corrected chi connectivity index (χ1v) is 5.35. The predicted molar refractivity (Wildman–Crippen MR) is 60.4 cm³/mol. The van der Waals surface area contributed by atoms with Gasteiger partial charge in [-0.15, -0.1) is 0 Å². The molecule has 0 spiro atoms. The van der Waals surface area contributed by atoms with Gasteiger partial charge in [-0.05, 0) is 18.9 Å². The number of nitriles is 1. The van der Waals surface area contributed by atoms with Gasteiger partial charge < -0.3 is 4.74 Å². The van der Waals surface area contributed by atoms with Crippen molar-refractivity contribution in [3.05, 3.63) is 35.9 Å². The summed E-state index contributed by atoms with van der Waals surface area (Å²) in [5.74, 6) is 0. The van der Waals surface area contributed by atoms with Gasteiger partial charge in [-0.3, -0.25) is 0 Å². The third-order valence-corrected chi connectivity index (χ3v) is 2.53. The van der Waals surface area contributed by atoms with Gasteiger partial charge in [0.05, 0.1) is 6.07 Å². The molecule has 1 atom stereocenters. The van der Waals surface area contributed by atoms with E-state index in [1.165, 1.54) is 0 Å². The highest BCUT2D eigenvalue weighted by atomic mass is 16.5. The number of hydrogen-bond donors (Lipinski definition) is 0. The Morgan fingerprint density at radius 2 is 1.93 bits per heavy atom. The smallest absolute Gasteiger partial charge is 0.157 e. The molecule has 0 bridgehead atoms. The van der Waals surface area contributed by atoms with E-state index in [2.05, 4.69) is 6.07 Å². The van der Waals surface area contributed by atoms with Crippen LogP contribution < -0.4 is 0 Å². The minimum Gasteiger partial charge on any atom is -0.360 e. The largest absolute Gasteiger partial charge is 0.360 e. The molecule has 2 nitrogen and oxygen atoms in total. The van der Waals surface area contributed by atoms with E-state index in [0.717, 1.165) is 5.56 Å². The summed E-state index contributed by atoms with van der Waals surface area (Å²) in [7, 11) is 0. The van der Waals surface area contributed by atoms with Gasteiger partial charge in [0, 0.05) is 13.0 Å². The molecular formula is C13H17NO. The molecule has 0 saturated heterocycles. The topological polar surface area (TPSA) is 33.0 Å². The number of benzene rings is 1. The van der Waals surface area contributed by atoms with Gasteiger partial charge in [-0.2, -0.15) is 5.26 Å². The molecule has 0 heterocycles. The Morgan fingerprint density at radius 1 is 1.27 bits per heavy atom. The Balaban J connectivity index is 2.80. The first-order chi connectivity index (χ1) is 7.26. The fraction of sp³-hybridized carbons (Fsp3) is 0.462. The third-order valence-electron chi connectivity index (χ3n) is 2.53. The number of nitrogens with zero attached hydrogens (tertiary/aromatic N) is 1. The number of ether oxygens (including phenoxy) is 1. The number of hydrogen-bond acceptors (Lipinski definition) is 2. The third kappa shape index (κ3) is 3.07. The van der Waals surface area contributed by atoms with E-state index in [4.69, 9.17) is 4.74 Å². The maximum Gasteiger partial charge on any atom is 0.157 e. The van der Waals surface area contributed by atoms with Gasteiger partial charge in [0.15, 0.2) is 5.60 Å². The van der Waals surface area contributed by atoms with Crippen LogP contribution in [0.25, 0.3) is 0 Å². The van der Waals surface area contributed by atoms with Gasteiger partial charge in [-0.25, -0.2) is 0 Å².